The fraction of sp³-hybridized carbons (Fsp3) is 0. The predicted molar refractivity (Wildman–Crippen MR) is 101 cm³/mol. The molecule has 0 saturated carbocycles. The molecule has 4 aromatic rings. The fourth-order valence-electron chi connectivity index (χ4n) is 2.93. The van der Waals surface area contributed by atoms with Crippen molar-refractivity contribution in [1.82, 2.24) is 4.98 Å². The van der Waals surface area contributed by atoms with E-state index in [9.17, 15) is 0 Å². The lowest BCUT2D eigenvalue weighted by molar-refractivity contribution is 1.32. The van der Waals surface area contributed by atoms with Gasteiger partial charge in [0.2, 0.25) is 0 Å². The van der Waals surface area contributed by atoms with E-state index in [0.29, 0.717) is 0 Å². The summed E-state index contributed by atoms with van der Waals surface area (Å²) in [5, 5.41) is 0. The van der Waals surface area contributed by atoms with E-state index in [-0.39, 0.29) is 0 Å². The highest BCUT2D eigenvalue weighted by Gasteiger charge is 2.10. The van der Waals surface area contributed by atoms with Gasteiger partial charge in [-0.1, -0.05) is 91.0 Å². The molecular weight excluding hydrogens is 290 g/mol. The van der Waals surface area contributed by atoms with Crippen LogP contribution in [-0.4, -0.2) is 4.98 Å². The SMILES string of the molecule is c1ccc(-c2cc(-c3ccccc3)c(-c3ccccc3)cn2)cc1. The summed E-state index contributed by atoms with van der Waals surface area (Å²) >= 11 is 0. The molecule has 0 aliphatic rings. The first-order valence-electron chi connectivity index (χ1n) is 8.08. The maximum atomic E-state index is 4.71. The van der Waals surface area contributed by atoms with Crippen LogP contribution in [0.1, 0.15) is 0 Å². The average molecular weight is 307 g/mol. The first-order chi connectivity index (χ1) is 11.9. The molecule has 0 radical (unpaired) electrons. The third-order valence-corrected chi connectivity index (χ3v) is 4.14. The second kappa shape index (κ2) is 6.51. The van der Waals surface area contributed by atoms with Gasteiger partial charge in [0.05, 0.1) is 5.69 Å². The Kier molecular flexibility index (Phi) is 3.91. The van der Waals surface area contributed by atoms with Crippen LogP contribution in [0.4, 0.5) is 0 Å². The smallest absolute Gasteiger partial charge is 0.0708 e. The lowest BCUT2D eigenvalue weighted by Gasteiger charge is -2.12. The molecule has 3 aromatic carbocycles. The van der Waals surface area contributed by atoms with Crippen molar-refractivity contribution in [3.05, 3.63) is 103 Å². The molecule has 1 heteroatoms. The molecule has 0 fully saturated rings. The second-order valence-corrected chi connectivity index (χ2v) is 5.71. The van der Waals surface area contributed by atoms with Gasteiger partial charge in [-0.25, -0.2) is 0 Å². The maximum Gasteiger partial charge on any atom is 0.0708 e. The first-order valence-corrected chi connectivity index (χ1v) is 8.08. The lowest BCUT2D eigenvalue weighted by atomic mass is 9.95. The molecule has 0 atom stereocenters. The van der Waals surface area contributed by atoms with Crippen molar-refractivity contribution in [3.63, 3.8) is 0 Å². The number of benzene rings is 3. The number of pyridine rings is 1. The van der Waals surface area contributed by atoms with Crippen molar-refractivity contribution in [1.29, 1.82) is 0 Å². The van der Waals surface area contributed by atoms with Gasteiger partial charge in [0, 0.05) is 17.3 Å². The topological polar surface area (TPSA) is 12.9 Å². The summed E-state index contributed by atoms with van der Waals surface area (Å²) in [5.74, 6) is 0. The molecule has 0 bridgehead atoms. The molecule has 1 aromatic heterocycles. The van der Waals surface area contributed by atoms with Crippen LogP contribution in [-0.2, 0) is 0 Å². The molecule has 1 heterocycles. The fourth-order valence-corrected chi connectivity index (χ4v) is 2.93. The molecule has 0 aliphatic carbocycles. The largest absolute Gasteiger partial charge is 0.256 e. The summed E-state index contributed by atoms with van der Waals surface area (Å²) in [6.07, 6.45) is 1.99. The third kappa shape index (κ3) is 2.84. The highest BCUT2D eigenvalue weighted by atomic mass is 14.7. The monoisotopic (exact) mass is 307 g/mol. The normalized spacial score (nSPS) is 10.5. The van der Waals surface area contributed by atoms with E-state index in [1.54, 1.807) is 0 Å². The molecule has 0 saturated heterocycles. The van der Waals surface area contributed by atoms with E-state index < -0.39 is 0 Å². The van der Waals surface area contributed by atoms with E-state index in [1.165, 1.54) is 16.7 Å². The summed E-state index contributed by atoms with van der Waals surface area (Å²) in [6, 6.07) is 33.4. The van der Waals surface area contributed by atoms with E-state index >= 15 is 0 Å². The average Bonchev–Trinajstić information content (AvgIpc) is 2.69. The van der Waals surface area contributed by atoms with Gasteiger partial charge in [-0.15, -0.1) is 0 Å². The van der Waals surface area contributed by atoms with Crippen molar-refractivity contribution < 1.29 is 0 Å². The van der Waals surface area contributed by atoms with Gasteiger partial charge in [0.1, 0.15) is 0 Å². The Hall–Kier alpha value is -3.19. The van der Waals surface area contributed by atoms with Crippen LogP contribution < -0.4 is 0 Å². The Balaban J connectivity index is 1.92. The van der Waals surface area contributed by atoms with E-state index in [0.717, 1.165) is 16.8 Å². The molecule has 0 N–H and O–H groups in total. The van der Waals surface area contributed by atoms with Crippen LogP contribution in [0.15, 0.2) is 103 Å². The van der Waals surface area contributed by atoms with Gasteiger partial charge in [-0.05, 0) is 22.8 Å². The Labute approximate surface area is 142 Å². The molecule has 4 rings (SSSR count). The van der Waals surface area contributed by atoms with Gasteiger partial charge in [-0.2, -0.15) is 0 Å². The van der Waals surface area contributed by atoms with Crippen molar-refractivity contribution in [2.45, 2.75) is 0 Å². The predicted octanol–water partition coefficient (Wildman–Crippen LogP) is 6.08. The minimum absolute atomic E-state index is 0.995. The highest BCUT2D eigenvalue weighted by Crippen LogP contribution is 2.34. The Morgan fingerprint density at radius 3 is 1.46 bits per heavy atom. The Bertz CT molecular complexity index is 929. The van der Waals surface area contributed by atoms with E-state index in [1.807, 2.05) is 36.5 Å². The minimum atomic E-state index is 0.995. The van der Waals surface area contributed by atoms with Crippen LogP contribution in [0.25, 0.3) is 33.5 Å². The van der Waals surface area contributed by atoms with Crippen LogP contribution in [0, 0.1) is 0 Å². The molecule has 0 unspecified atom stereocenters. The minimum Gasteiger partial charge on any atom is -0.256 e. The van der Waals surface area contributed by atoms with Gasteiger partial charge in [-0.3, -0.25) is 4.98 Å². The van der Waals surface area contributed by atoms with Gasteiger partial charge in [0.25, 0.3) is 0 Å². The molecule has 114 valence electrons. The van der Waals surface area contributed by atoms with Gasteiger partial charge >= 0.3 is 0 Å². The number of nitrogens with zero attached hydrogens (tertiary/aromatic N) is 1. The zero-order chi connectivity index (χ0) is 16.2. The Morgan fingerprint density at radius 1 is 0.458 bits per heavy atom. The summed E-state index contributed by atoms with van der Waals surface area (Å²) in [5.41, 5.74) is 6.87. The maximum absolute atomic E-state index is 4.71. The molecule has 0 aliphatic heterocycles. The first kappa shape index (κ1) is 14.4. The van der Waals surface area contributed by atoms with E-state index in [2.05, 4.69) is 66.7 Å². The Morgan fingerprint density at radius 2 is 0.917 bits per heavy atom. The summed E-state index contributed by atoms with van der Waals surface area (Å²) in [6.45, 7) is 0. The van der Waals surface area contributed by atoms with Crippen LogP contribution in [0.2, 0.25) is 0 Å². The van der Waals surface area contributed by atoms with Crippen molar-refractivity contribution in [2.75, 3.05) is 0 Å². The number of hydrogen-bond acceptors (Lipinski definition) is 1. The van der Waals surface area contributed by atoms with Crippen LogP contribution >= 0.6 is 0 Å². The summed E-state index contributed by atoms with van der Waals surface area (Å²) in [7, 11) is 0. The number of hydrogen-bond donors (Lipinski definition) is 0. The zero-order valence-corrected chi connectivity index (χ0v) is 13.3. The van der Waals surface area contributed by atoms with Gasteiger partial charge in [0.15, 0.2) is 0 Å². The zero-order valence-electron chi connectivity index (χ0n) is 13.3. The van der Waals surface area contributed by atoms with Gasteiger partial charge < -0.3 is 0 Å². The van der Waals surface area contributed by atoms with Crippen LogP contribution in [0.5, 0.6) is 0 Å². The quantitative estimate of drug-likeness (QED) is 0.447. The highest BCUT2D eigenvalue weighted by molar-refractivity contribution is 5.85. The molecule has 1 nitrogen and oxygen atoms in total. The van der Waals surface area contributed by atoms with E-state index in [4.69, 9.17) is 4.98 Å². The van der Waals surface area contributed by atoms with Crippen molar-refractivity contribution in [2.24, 2.45) is 0 Å². The summed E-state index contributed by atoms with van der Waals surface area (Å²) in [4.78, 5) is 4.71. The second-order valence-electron chi connectivity index (χ2n) is 5.71. The third-order valence-electron chi connectivity index (χ3n) is 4.14. The number of aromatic nitrogens is 1. The van der Waals surface area contributed by atoms with Crippen molar-refractivity contribution in [3.8, 4) is 33.5 Å². The molecule has 24 heavy (non-hydrogen) atoms. The lowest BCUT2D eigenvalue weighted by Crippen LogP contribution is -1.90. The molecule has 0 amide bonds. The summed E-state index contributed by atoms with van der Waals surface area (Å²) < 4.78 is 0. The molecule has 0 spiro atoms. The van der Waals surface area contributed by atoms with Crippen molar-refractivity contribution >= 4 is 0 Å². The number of rotatable bonds is 3. The van der Waals surface area contributed by atoms with Crippen LogP contribution in [0.3, 0.4) is 0 Å². The standard InChI is InChI=1S/C23H17N/c1-4-10-18(11-5-1)21-16-23(20-14-8-3-9-15-20)24-17-22(21)19-12-6-2-7-13-19/h1-17H. The molecular formula is C23H17N.